The summed E-state index contributed by atoms with van der Waals surface area (Å²) < 4.78 is 0. The molecule has 0 fully saturated rings. The van der Waals surface area contributed by atoms with Crippen LogP contribution in [0.4, 0.5) is 11.4 Å². The minimum Gasteiger partial charge on any atom is -0.478 e. The maximum Gasteiger partial charge on any atom is 0.335 e. The number of hydrogen-bond donors (Lipinski definition) is 2. The van der Waals surface area contributed by atoms with Crippen molar-refractivity contribution in [1.82, 2.24) is 0 Å². The lowest BCUT2D eigenvalue weighted by molar-refractivity contribution is -0.114. The molecule has 0 saturated heterocycles. The van der Waals surface area contributed by atoms with Crippen LogP contribution in [0.25, 0.3) is 0 Å². The second-order valence-electron chi connectivity index (χ2n) is 4.62. The Kier molecular flexibility index (Phi) is 4.56. The fourth-order valence-electron chi connectivity index (χ4n) is 1.89. The van der Waals surface area contributed by atoms with Crippen LogP contribution in [-0.2, 0) is 4.79 Å². The van der Waals surface area contributed by atoms with Crippen LogP contribution in [0.15, 0.2) is 54.6 Å². The van der Waals surface area contributed by atoms with Crippen LogP contribution in [0.1, 0.15) is 10.4 Å². The number of anilines is 2. The molecule has 2 rings (SSSR count). The van der Waals surface area contributed by atoms with E-state index in [0.29, 0.717) is 5.69 Å². The predicted octanol–water partition coefficient (Wildman–Crippen LogP) is 2.46. The van der Waals surface area contributed by atoms with E-state index in [4.69, 9.17) is 5.11 Å². The fraction of sp³-hybridized carbons (Fsp3) is 0.125. The number of benzene rings is 2. The van der Waals surface area contributed by atoms with Gasteiger partial charge in [-0.15, -0.1) is 0 Å². The number of nitrogens with one attached hydrogen (secondary N) is 1. The third kappa shape index (κ3) is 4.07. The van der Waals surface area contributed by atoms with Crippen LogP contribution >= 0.6 is 0 Å². The number of amides is 1. The maximum absolute atomic E-state index is 11.9. The molecule has 0 unspecified atom stereocenters. The van der Waals surface area contributed by atoms with Gasteiger partial charge in [-0.05, 0) is 36.4 Å². The summed E-state index contributed by atoms with van der Waals surface area (Å²) in [6.07, 6.45) is 0. The van der Waals surface area contributed by atoms with Gasteiger partial charge in [-0.2, -0.15) is 0 Å². The molecule has 2 N–H and O–H groups in total. The van der Waals surface area contributed by atoms with E-state index in [2.05, 4.69) is 5.32 Å². The summed E-state index contributed by atoms with van der Waals surface area (Å²) in [4.78, 5) is 24.5. The van der Waals surface area contributed by atoms with Crippen molar-refractivity contribution in [3.63, 3.8) is 0 Å². The van der Waals surface area contributed by atoms with Crippen LogP contribution in [-0.4, -0.2) is 30.6 Å². The molecule has 2 aromatic rings. The van der Waals surface area contributed by atoms with Gasteiger partial charge in [0.05, 0.1) is 12.1 Å². The summed E-state index contributed by atoms with van der Waals surface area (Å²) in [5, 5.41) is 11.5. The lowest BCUT2D eigenvalue weighted by Gasteiger charge is -2.18. The normalized spacial score (nSPS) is 9.95. The average molecular weight is 284 g/mol. The van der Waals surface area contributed by atoms with E-state index in [1.807, 2.05) is 42.3 Å². The summed E-state index contributed by atoms with van der Waals surface area (Å²) in [5.41, 5.74) is 1.72. The highest BCUT2D eigenvalue weighted by atomic mass is 16.4. The Morgan fingerprint density at radius 1 is 1.05 bits per heavy atom. The molecule has 0 heterocycles. The quantitative estimate of drug-likeness (QED) is 0.885. The fourth-order valence-corrected chi connectivity index (χ4v) is 1.89. The first-order valence-electron chi connectivity index (χ1n) is 6.45. The van der Waals surface area contributed by atoms with Gasteiger partial charge >= 0.3 is 5.97 Å². The summed E-state index contributed by atoms with van der Waals surface area (Å²) in [6, 6.07) is 15.7. The molecule has 2 aromatic carbocycles. The molecule has 0 radical (unpaired) electrons. The van der Waals surface area contributed by atoms with Gasteiger partial charge < -0.3 is 15.3 Å². The zero-order valence-electron chi connectivity index (χ0n) is 11.6. The zero-order chi connectivity index (χ0) is 15.2. The van der Waals surface area contributed by atoms with E-state index in [1.165, 1.54) is 12.1 Å². The number of aromatic carboxylic acids is 1. The Morgan fingerprint density at radius 3 is 2.24 bits per heavy atom. The molecule has 108 valence electrons. The molecular weight excluding hydrogens is 268 g/mol. The molecule has 0 saturated carbocycles. The van der Waals surface area contributed by atoms with Gasteiger partial charge in [-0.1, -0.05) is 18.2 Å². The second kappa shape index (κ2) is 6.56. The average Bonchev–Trinajstić information content (AvgIpc) is 2.48. The third-order valence-corrected chi connectivity index (χ3v) is 2.99. The number of para-hydroxylation sites is 1. The highest BCUT2D eigenvalue weighted by Gasteiger charge is 2.08. The second-order valence-corrected chi connectivity index (χ2v) is 4.62. The lowest BCUT2D eigenvalue weighted by Crippen LogP contribution is -2.29. The Balaban J connectivity index is 1.94. The Labute approximate surface area is 122 Å². The van der Waals surface area contributed by atoms with E-state index >= 15 is 0 Å². The predicted molar refractivity (Wildman–Crippen MR) is 81.7 cm³/mol. The van der Waals surface area contributed by atoms with E-state index in [-0.39, 0.29) is 18.0 Å². The van der Waals surface area contributed by atoms with Crippen molar-refractivity contribution in [1.29, 1.82) is 0 Å². The van der Waals surface area contributed by atoms with Gasteiger partial charge in [0.15, 0.2) is 0 Å². The molecule has 21 heavy (non-hydrogen) atoms. The Bertz CT molecular complexity index is 624. The molecular formula is C16H16N2O3. The molecule has 5 nitrogen and oxygen atoms in total. The van der Waals surface area contributed by atoms with Gasteiger partial charge in [0, 0.05) is 18.4 Å². The molecule has 0 spiro atoms. The van der Waals surface area contributed by atoms with Crippen LogP contribution in [0, 0.1) is 0 Å². The minimum atomic E-state index is -0.989. The molecule has 0 aliphatic heterocycles. The van der Waals surface area contributed by atoms with Crippen molar-refractivity contribution in [3.8, 4) is 0 Å². The summed E-state index contributed by atoms with van der Waals surface area (Å²) in [7, 11) is 1.84. The highest BCUT2D eigenvalue weighted by Crippen LogP contribution is 2.12. The number of hydrogen-bond acceptors (Lipinski definition) is 3. The smallest absolute Gasteiger partial charge is 0.335 e. The number of carboxylic acid groups (broad SMARTS) is 1. The van der Waals surface area contributed by atoms with Crippen LogP contribution in [0.2, 0.25) is 0 Å². The maximum atomic E-state index is 11.9. The number of carboxylic acids is 1. The molecule has 0 bridgehead atoms. The summed E-state index contributed by atoms with van der Waals surface area (Å²) in [6.45, 7) is 0.213. The molecule has 0 aromatic heterocycles. The number of nitrogens with zero attached hydrogens (tertiary/aromatic N) is 1. The highest BCUT2D eigenvalue weighted by molar-refractivity contribution is 5.95. The van der Waals surface area contributed by atoms with Gasteiger partial charge in [0.2, 0.25) is 5.91 Å². The Hall–Kier alpha value is -2.82. The minimum absolute atomic E-state index is 0.163. The van der Waals surface area contributed by atoms with E-state index in [0.717, 1.165) is 5.69 Å². The molecule has 0 aliphatic carbocycles. The molecule has 1 amide bonds. The number of carbonyl (C=O) groups is 2. The number of carbonyl (C=O) groups excluding carboxylic acids is 1. The van der Waals surface area contributed by atoms with Crippen molar-refractivity contribution in [2.45, 2.75) is 0 Å². The monoisotopic (exact) mass is 284 g/mol. The summed E-state index contributed by atoms with van der Waals surface area (Å²) >= 11 is 0. The third-order valence-electron chi connectivity index (χ3n) is 2.99. The first kappa shape index (κ1) is 14.6. The molecule has 0 atom stereocenters. The first-order chi connectivity index (χ1) is 10.1. The first-order valence-corrected chi connectivity index (χ1v) is 6.45. The van der Waals surface area contributed by atoms with Crippen LogP contribution < -0.4 is 10.2 Å². The SMILES string of the molecule is CN(CC(=O)Nc1ccc(C(=O)O)cc1)c1ccccc1. The standard InChI is InChI=1S/C16H16N2O3/c1-18(14-5-3-2-4-6-14)11-15(19)17-13-9-7-12(8-10-13)16(20)21/h2-10H,11H2,1H3,(H,17,19)(H,20,21). The van der Waals surface area contributed by atoms with E-state index in [9.17, 15) is 9.59 Å². The van der Waals surface area contributed by atoms with E-state index < -0.39 is 5.97 Å². The van der Waals surface area contributed by atoms with Crippen molar-refractivity contribution in [2.24, 2.45) is 0 Å². The lowest BCUT2D eigenvalue weighted by atomic mass is 10.2. The largest absolute Gasteiger partial charge is 0.478 e. The van der Waals surface area contributed by atoms with Crippen LogP contribution in [0.3, 0.4) is 0 Å². The van der Waals surface area contributed by atoms with E-state index in [1.54, 1.807) is 12.1 Å². The molecule has 0 aliphatic rings. The van der Waals surface area contributed by atoms with Crippen LogP contribution in [0.5, 0.6) is 0 Å². The van der Waals surface area contributed by atoms with Gasteiger partial charge in [0.1, 0.15) is 0 Å². The zero-order valence-corrected chi connectivity index (χ0v) is 11.6. The number of likely N-dealkylation sites (N-methyl/N-ethyl adjacent to an activating group) is 1. The Morgan fingerprint density at radius 2 is 1.67 bits per heavy atom. The topological polar surface area (TPSA) is 69.6 Å². The van der Waals surface area contributed by atoms with Gasteiger partial charge in [0.25, 0.3) is 0 Å². The van der Waals surface area contributed by atoms with Gasteiger partial charge in [-0.25, -0.2) is 4.79 Å². The van der Waals surface area contributed by atoms with Crippen molar-refractivity contribution in [3.05, 3.63) is 60.2 Å². The number of rotatable bonds is 5. The van der Waals surface area contributed by atoms with Crippen molar-refractivity contribution < 1.29 is 14.7 Å². The summed E-state index contributed by atoms with van der Waals surface area (Å²) in [5.74, 6) is -1.15. The molecule has 5 heteroatoms. The van der Waals surface area contributed by atoms with Crippen molar-refractivity contribution in [2.75, 3.05) is 23.8 Å². The van der Waals surface area contributed by atoms with Gasteiger partial charge in [-0.3, -0.25) is 4.79 Å². The van der Waals surface area contributed by atoms with Crippen molar-refractivity contribution >= 4 is 23.3 Å².